The van der Waals surface area contributed by atoms with Gasteiger partial charge in [0.25, 0.3) is 0 Å². The van der Waals surface area contributed by atoms with Gasteiger partial charge in [0.05, 0.1) is 22.4 Å². The first-order chi connectivity index (χ1) is 36.4. The largest absolute Gasteiger partial charge is 0.376 e. The Balaban J connectivity index is 1.08. The van der Waals surface area contributed by atoms with Crippen LogP contribution in [0.15, 0.2) is 189 Å². The maximum atomic E-state index is 4.91. The SMILES string of the molecule is C=C1C=C(c2ccccc2)N(c2ccccc2)c2cc3c(cc21)B1c2c(ccc4c5cc6c(cc5n-3c24)C(C)(C)c2ccccc2-6)-c2cc3c(cc2N1c1ccc(C(C)(C)C)cc1)-c1ccc(C(C)(C)C)cc1C3(C)C. The van der Waals surface area contributed by atoms with Crippen molar-refractivity contribution in [1.82, 2.24) is 4.57 Å². The number of benzene rings is 9. The summed E-state index contributed by atoms with van der Waals surface area (Å²) in [6, 6.07) is 67.9. The number of hydrogen-bond donors (Lipinski definition) is 0. The lowest BCUT2D eigenvalue weighted by Crippen LogP contribution is -2.60. The van der Waals surface area contributed by atoms with Gasteiger partial charge in [-0.3, -0.25) is 0 Å². The molecule has 3 nitrogen and oxygen atoms in total. The molecule has 3 aliphatic heterocycles. The highest BCUT2D eigenvalue weighted by Gasteiger charge is 2.48. The molecule has 2 aliphatic carbocycles. The van der Waals surface area contributed by atoms with Crippen molar-refractivity contribution in [1.29, 1.82) is 0 Å². The average Bonchev–Trinajstić information content (AvgIpc) is 4.14. The van der Waals surface area contributed by atoms with Crippen LogP contribution in [0.4, 0.5) is 22.7 Å². The number of anilines is 4. The van der Waals surface area contributed by atoms with Crippen LogP contribution in [0.2, 0.25) is 0 Å². The van der Waals surface area contributed by atoms with Gasteiger partial charge in [-0.05, 0) is 155 Å². The van der Waals surface area contributed by atoms with E-state index in [9.17, 15) is 0 Å². The van der Waals surface area contributed by atoms with Gasteiger partial charge in [-0.2, -0.15) is 0 Å². The van der Waals surface area contributed by atoms with E-state index in [-0.39, 0.29) is 28.5 Å². The molecule has 76 heavy (non-hydrogen) atoms. The van der Waals surface area contributed by atoms with Gasteiger partial charge < -0.3 is 14.3 Å². The van der Waals surface area contributed by atoms with Gasteiger partial charge in [0.15, 0.2) is 0 Å². The molecule has 9 aromatic carbocycles. The molecule has 368 valence electrons. The van der Waals surface area contributed by atoms with E-state index in [4.69, 9.17) is 6.58 Å². The lowest BCUT2D eigenvalue weighted by atomic mass is 9.43. The van der Waals surface area contributed by atoms with E-state index in [2.05, 4.69) is 266 Å². The fourth-order valence-electron chi connectivity index (χ4n) is 14.3. The highest BCUT2D eigenvalue weighted by atomic mass is 15.2. The molecule has 15 rings (SSSR count). The summed E-state index contributed by atoms with van der Waals surface area (Å²) in [6.07, 6.45) is 2.30. The molecule has 0 amide bonds. The van der Waals surface area contributed by atoms with Crippen LogP contribution >= 0.6 is 0 Å². The maximum absolute atomic E-state index is 4.91. The molecule has 0 unspecified atom stereocenters. The summed E-state index contributed by atoms with van der Waals surface area (Å²) in [5, 5.41) is 2.58. The van der Waals surface area contributed by atoms with Crippen LogP contribution < -0.4 is 20.6 Å². The third kappa shape index (κ3) is 6.02. The molecule has 5 aliphatic rings. The smallest absolute Gasteiger partial charge is 0.333 e. The number of hydrogen-bond acceptors (Lipinski definition) is 2. The van der Waals surface area contributed by atoms with E-state index in [1.165, 1.54) is 117 Å². The molecular formula is C72H62BN3. The first kappa shape index (κ1) is 45.3. The Morgan fingerprint density at radius 3 is 1.80 bits per heavy atom. The molecule has 4 heteroatoms. The third-order valence-electron chi connectivity index (χ3n) is 18.3. The Labute approximate surface area is 448 Å². The summed E-state index contributed by atoms with van der Waals surface area (Å²) in [5.41, 5.74) is 31.3. The standard InChI is InChI=1S/C72H62BN3/c1-42-34-62(43-20-14-12-15-21-43)74(46-22-16-13-17-23-46)64-41-66-61(38-52(42)64)73-67-50(32-33-51-55-36-53-48-24-18-19-25-57(48)71(8,9)60(53)40-63(55)75(66)68(51)67)56-37-59-54(49-31-28-45(70(5,6)7)35-58(49)72(59,10)11)39-65(56)76(73)47-29-26-44(27-30-47)69(2,3)4/h12-41H,1H2,2-11H3. The van der Waals surface area contributed by atoms with Crippen molar-refractivity contribution in [3.63, 3.8) is 0 Å². The molecular weight excluding hydrogens is 918 g/mol. The lowest BCUT2D eigenvalue weighted by molar-refractivity contribution is 0.584. The highest BCUT2D eigenvalue weighted by Crippen LogP contribution is 2.57. The van der Waals surface area contributed by atoms with Crippen LogP contribution in [-0.2, 0) is 21.7 Å². The Hall–Kier alpha value is -8.08. The zero-order valence-electron chi connectivity index (χ0n) is 45.4. The van der Waals surface area contributed by atoms with Crippen molar-refractivity contribution in [3.05, 3.63) is 233 Å². The summed E-state index contributed by atoms with van der Waals surface area (Å²) in [6.45, 7) is 28.4. The van der Waals surface area contributed by atoms with Gasteiger partial charge in [0.2, 0.25) is 0 Å². The van der Waals surface area contributed by atoms with E-state index in [1.807, 2.05) is 0 Å². The predicted molar refractivity (Wildman–Crippen MR) is 324 cm³/mol. The Morgan fingerprint density at radius 1 is 0.447 bits per heavy atom. The Morgan fingerprint density at radius 2 is 1.07 bits per heavy atom. The Bertz CT molecular complexity index is 4250. The minimum absolute atomic E-state index is 0.00301. The van der Waals surface area contributed by atoms with Crippen molar-refractivity contribution < 1.29 is 0 Å². The molecule has 0 radical (unpaired) electrons. The van der Waals surface area contributed by atoms with Gasteiger partial charge in [-0.1, -0.05) is 197 Å². The monoisotopic (exact) mass is 980 g/mol. The second kappa shape index (κ2) is 15.1. The first-order valence-corrected chi connectivity index (χ1v) is 27.4. The molecule has 0 spiro atoms. The number of allylic oxidation sites excluding steroid dienone is 2. The van der Waals surface area contributed by atoms with Crippen molar-refractivity contribution in [2.75, 3.05) is 9.71 Å². The normalized spacial score (nSPS) is 16.0. The van der Waals surface area contributed by atoms with Crippen molar-refractivity contribution in [2.24, 2.45) is 0 Å². The van der Waals surface area contributed by atoms with Crippen molar-refractivity contribution in [3.8, 4) is 39.1 Å². The zero-order chi connectivity index (χ0) is 52.1. The zero-order valence-corrected chi connectivity index (χ0v) is 45.4. The third-order valence-corrected chi connectivity index (χ3v) is 18.3. The van der Waals surface area contributed by atoms with E-state index < -0.39 is 0 Å². The molecule has 1 aromatic heterocycles. The van der Waals surface area contributed by atoms with E-state index in [0.29, 0.717) is 0 Å². The highest BCUT2D eigenvalue weighted by molar-refractivity contribution is 6.93. The Kier molecular flexibility index (Phi) is 8.99. The summed E-state index contributed by atoms with van der Waals surface area (Å²) in [7, 11) is 0. The van der Waals surface area contributed by atoms with E-state index in [0.717, 1.165) is 33.8 Å². The molecule has 0 saturated heterocycles. The first-order valence-electron chi connectivity index (χ1n) is 27.4. The average molecular weight is 980 g/mol. The van der Waals surface area contributed by atoms with Gasteiger partial charge in [-0.15, -0.1) is 0 Å². The number of rotatable bonds is 3. The molecule has 0 bridgehead atoms. The summed E-state index contributed by atoms with van der Waals surface area (Å²) in [5.74, 6) is 0. The van der Waals surface area contributed by atoms with Crippen LogP contribution in [0, 0.1) is 0 Å². The topological polar surface area (TPSA) is 11.4 Å². The van der Waals surface area contributed by atoms with Gasteiger partial charge >= 0.3 is 6.85 Å². The quantitative estimate of drug-likeness (QED) is 0.163. The molecule has 10 aromatic rings. The predicted octanol–water partition coefficient (Wildman–Crippen LogP) is 17.4. The van der Waals surface area contributed by atoms with Gasteiger partial charge in [0, 0.05) is 55.5 Å². The minimum atomic E-state index is -0.195. The lowest BCUT2D eigenvalue weighted by Gasteiger charge is -2.43. The minimum Gasteiger partial charge on any atom is -0.376 e. The van der Waals surface area contributed by atoms with Crippen LogP contribution in [0.1, 0.15) is 114 Å². The molecule has 0 saturated carbocycles. The number of nitrogens with zero attached hydrogens (tertiary/aromatic N) is 3. The van der Waals surface area contributed by atoms with Crippen molar-refractivity contribution in [2.45, 2.75) is 90.9 Å². The van der Waals surface area contributed by atoms with E-state index in [1.54, 1.807) is 0 Å². The number of para-hydroxylation sites is 1. The summed E-state index contributed by atoms with van der Waals surface area (Å²) < 4.78 is 2.68. The van der Waals surface area contributed by atoms with Crippen LogP contribution in [0.5, 0.6) is 0 Å². The van der Waals surface area contributed by atoms with Gasteiger partial charge in [0.1, 0.15) is 0 Å². The number of fused-ring (bicyclic) bond motifs is 15. The van der Waals surface area contributed by atoms with E-state index >= 15 is 0 Å². The summed E-state index contributed by atoms with van der Waals surface area (Å²) >= 11 is 0. The maximum Gasteiger partial charge on any atom is 0.333 e. The van der Waals surface area contributed by atoms with Crippen LogP contribution in [0.25, 0.3) is 72.1 Å². The second-order valence-corrected chi connectivity index (χ2v) is 25.5. The molecule has 0 atom stereocenters. The molecule has 4 heterocycles. The van der Waals surface area contributed by atoms with Crippen LogP contribution in [0.3, 0.4) is 0 Å². The molecule has 0 N–H and O–H groups in total. The van der Waals surface area contributed by atoms with Gasteiger partial charge in [-0.25, -0.2) is 0 Å². The van der Waals surface area contributed by atoms with Crippen molar-refractivity contribution >= 4 is 73.6 Å². The molecule has 0 fully saturated rings. The van der Waals surface area contributed by atoms with Crippen LogP contribution in [-0.4, -0.2) is 11.4 Å². The fraction of sp³-hybridized carbons (Fsp3) is 0.194. The second-order valence-electron chi connectivity index (χ2n) is 25.5. The number of aromatic nitrogens is 1. The fourth-order valence-corrected chi connectivity index (χ4v) is 14.3. The summed E-state index contributed by atoms with van der Waals surface area (Å²) in [4.78, 5) is 5.19.